The Morgan fingerprint density at radius 2 is 1.57 bits per heavy atom. The van der Waals surface area contributed by atoms with E-state index in [1.54, 1.807) is 0 Å². The summed E-state index contributed by atoms with van der Waals surface area (Å²) in [5.74, 6) is 0.284. The SMILES string of the molecule is COC(=O)C1=C/C=C(/C(C)C)CCC(C)=CCCC(C)=CCC1. The molecule has 2 heteroatoms. The molecule has 0 bridgehead atoms. The molecule has 0 N–H and O–H groups in total. The Bertz CT molecular complexity index is 516. The highest BCUT2D eigenvalue weighted by Gasteiger charge is 2.09. The van der Waals surface area contributed by atoms with Gasteiger partial charge in [-0.3, -0.25) is 0 Å². The number of hydrogen-bond donors (Lipinski definition) is 0. The molecule has 0 unspecified atom stereocenters. The predicted molar refractivity (Wildman–Crippen MR) is 98.2 cm³/mol. The van der Waals surface area contributed by atoms with Crippen LogP contribution in [0.3, 0.4) is 0 Å². The quantitative estimate of drug-likeness (QED) is 0.467. The van der Waals surface area contributed by atoms with Crippen molar-refractivity contribution in [2.24, 2.45) is 5.92 Å². The Morgan fingerprint density at radius 3 is 2.17 bits per heavy atom. The van der Waals surface area contributed by atoms with E-state index in [-0.39, 0.29) is 5.97 Å². The number of carbonyl (C=O) groups is 1. The second kappa shape index (κ2) is 10.3. The highest BCUT2D eigenvalue weighted by atomic mass is 16.5. The zero-order chi connectivity index (χ0) is 17.2. The van der Waals surface area contributed by atoms with Gasteiger partial charge in [-0.2, -0.15) is 0 Å². The number of esters is 1. The summed E-state index contributed by atoms with van der Waals surface area (Å²) in [6, 6.07) is 0. The molecule has 1 aliphatic rings. The van der Waals surface area contributed by atoms with Crippen molar-refractivity contribution in [3.8, 4) is 0 Å². The summed E-state index contributed by atoms with van der Waals surface area (Å²) in [5, 5.41) is 0. The standard InChI is InChI=1S/C21H32O2/c1-16(2)19-13-12-18(4)9-6-8-17(3)10-7-11-20(15-14-19)21(22)23-5/h9-10,14-16H,6-8,11-13H2,1-5H3/b17-10?,18-9?,19-14+,20-15?. The number of allylic oxidation sites excluding steroid dienone is 7. The summed E-state index contributed by atoms with van der Waals surface area (Å²) < 4.78 is 4.93. The molecule has 128 valence electrons. The minimum Gasteiger partial charge on any atom is -0.466 e. The summed E-state index contributed by atoms with van der Waals surface area (Å²) >= 11 is 0. The third-order valence-corrected chi connectivity index (χ3v) is 4.43. The van der Waals surface area contributed by atoms with Crippen molar-refractivity contribution in [3.63, 3.8) is 0 Å². The van der Waals surface area contributed by atoms with Gasteiger partial charge in [-0.15, -0.1) is 0 Å². The van der Waals surface area contributed by atoms with E-state index in [4.69, 9.17) is 4.74 Å². The highest BCUT2D eigenvalue weighted by Crippen LogP contribution is 2.22. The fourth-order valence-corrected chi connectivity index (χ4v) is 2.72. The molecule has 0 amide bonds. The van der Waals surface area contributed by atoms with Crippen LogP contribution in [0.1, 0.15) is 66.2 Å². The van der Waals surface area contributed by atoms with E-state index < -0.39 is 0 Å². The first-order valence-electron chi connectivity index (χ1n) is 8.73. The topological polar surface area (TPSA) is 26.3 Å². The lowest BCUT2D eigenvalue weighted by Gasteiger charge is -2.12. The molecule has 0 saturated heterocycles. The number of carbonyl (C=O) groups excluding carboxylic acids is 1. The molecule has 23 heavy (non-hydrogen) atoms. The number of ether oxygens (including phenoxy) is 1. The Kier molecular flexibility index (Phi) is 8.68. The van der Waals surface area contributed by atoms with Crippen molar-refractivity contribution < 1.29 is 9.53 Å². The van der Waals surface area contributed by atoms with Crippen LogP contribution in [0.25, 0.3) is 0 Å². The Morgan fingerprint density at radius 1 is 0.957 bits per heavy atom. The minimum atomic E-state index is -0.210. The van der Waals surface area contributed by atoms with Gasteiger partial charge in [-0.05, 0) is 58.3 Å². The van der Waals surface area contributed by atoms with Gasteiger partial charge in [-0.25, -0.2) is 4.79 Å². The van der Waals surface area contributed by atoms with E-state index in [0.29, 0.717) is 5.92 Å². The summed E-state index contributed by atoms with van der Waals surface area (Å²) in [6.45, 7) is 8.82. The highest BCUT2D eigenvalue weighted by molar-refractivity contribution is 5.88. The first-order valence-corrected chi connectivity index (χ1v) is 8.73. The Labute approximate surface area is 142 Å². The molecule has 0 aromatic heterocycles. The van der Waals surface area contributed by atoms with Crippen LogP contribution in [0.5, 0.6) is 0 Å². The molecular formula is C21H32O2. The van der Waals surface area contributed by atoms with Crippen molar-refractivity contribution in [1.82, 2.24) is 0 Å². The van der Waals surface area contributed by atoms with Crippen LogP contribution in [0, 0.1) is 5.92 Å². The zero-order valence-electron chi connectivity index (χ0n) is 15.4. The molecule has 1 rings (SSSR count). The number of rotatable bonds is 2. The fraction of sp³-hybridized carbons (Fsp3) is 0.571. The first kappa shape index (κ1) is 19.5. The summed E-state index contributed by atoms with van der Waals surface area (Å²) in [6.07, 6.45) is 14.7. The van der Waals surface area contributed by atoms with Gasteiger partial charge in [0.1, 0.15) is 0 Å². The average Bonchev–Trinajstić information content (AvgIpc) is 2.51. The third-order valence-electron chi connectivity index (χ3n) is 4.43. The molecule has 0 aromatic rings. The molecule has 2 nitrogen and oxygen atoms in total. The maximum Gasteiger partial charge on any atom is 0.333 e. The molecule has 0 heterocycles. The zero-order valence-corrected chi connectivity index (χ0v) is 15.4. The molecule has 1 aliphatic carbocycles. The van der Waals surface area contributed by atoms with Gasteiger partial charge in [0.2, 0.25) is 0 Å². The molecular weight excluding hydrogens is 284 g/mol. The van der Waals surface area contributed by atoms with Crippen molar-refractivity contribution >= 4 is 5.97 Å². The Hall–Kier alpha value is -1.57. The number of hydrogen-bond acceptors (Lipinski definition) is 2. The van der Waals surface area contributed by atoms with Gasteiger partial charge in [0.15, 0.2) is 0 Å². The van der Waals surface area contributed by atoms with Gasteiger partial charge in [0.25, 0.3) is 0 Å². The van der Waals surface area contributed by atoms with Crippen LogP contribution < -0.4 is 0 Å². The lowest BCUT2D eigenvalue weighted by atomic mass is 9.94. The molecule has 0 aromatic carbocycles. The molecule has 0 spiro atoms. The lowest BCUT2D eigenvalue weighted by molar-refractivity contribution is -0.136. The first-order chi connectivity index (χ1) is 10.9. The molecule has 0 radical (unpaired) electrons. The van der Waals surface area contributed by atoms with Gasteiger partial charge in [-0.1, -0.05) is 54.9 Å². The largest absolute Gasteiger partial charge is 0.466 e. The molecule has 0 aliphatic heterocycles. The van der Waals surface area contributed by atoms with Crippen molar-refractivity contribution in [1.29, 1.82) is 0 Å². The van der Waals surface area contributed by atoms with E-state index in [1.807, 2.05) is 6.08 Å². The maximum atomic E-state index is 12.0. The molecule has 0 saturated carbocycles. The fourth-order valence-electron chi connectivity index (χ4n) is 2.72. The van der Waals surface area contributed by atoms with E-state index in [0.717, 1.165) is 44.1 Å². The van der Waals surface area contributed by atoms with Crippen LogP contribution in [-0.4, -0.2) is 13.1 Å². The normalized spacial score (nSPS) is 20.6. The van der Waals surface area contributed by atoms with Crippen molar-refractivity contribution in [3.05, 3.63) is 46.6 Å². The third kappa shape index (κ3) is 7.49. The van der Waals surface area contributed by atoms with E-state index in [2.05, 4.69) is 45.9 Å². The lowest BCUT2D eigenvalue weighted by Crippen LogP contribution is -2.05. The summed E-state index contributed by atoms with van der Waals surface area (Å²) in [4.78, 5) is 12.0. The van der Waals surface area contributed by atoms with Crippen molar-refractivity contribution in [2.45, 2.75) is 66.2 Å². The van der Waals surface area contributed by atoms with Crippen LogP contribution in [0.2, 0.25) is 0 Å². The second-order valence-corrected chi connectivity index (χ2v) is 6.76. The van der Waals surface area contributed by atoms with Crippen molar-refractivity contribution in [2.75, 3.05) is 7.11 Å². The Balaban J connectivity index is 3.07. The molecule has 0 fully saturated rings. The van der Waals surface area contributed by atoms with Crippen LogP contribution in [-0.2, 0) is 9.53 Å². The summed E-state index contributed by atoms with van der Waals surface area (Å²) in [5.41, 5.74) is 5.01. The monoisotopic (exact) mass is 316 g/mol. The van der Waals surface area contributed by atoms with Gasteiger partial charge in [0.05, 0.1) is 7.11 Å². The second-order valence-electron chi connectivity index (χ2n) is 6.76. The van der Waals surface area contributed by atoms with Gasteiger partial charge < -0.3 is 4.74 Å². The minimum absolute atomic E-state index is 0.210. The number of methoxy groups -OCH3 is 1. The molecule has 0 atom stereocenters. The maximum absolute atomic E-state index is 12.0. The summed E-state index contributed by atoms with van der Waals surface area (Å²) in [7, 11) is 1.46. The average molecular weight is 316 g/mol. The smallest absolute Gasteiger partial charge is 0.333 e. The van der Waals surface area contributed by atoms with Crippen LogP contribution >= 0.6 is 0 Å². The van der Waals surface area contributed by atoms with Gasteiger partial charge in [0, 0.05) is 5.57 Å². The van der Waals surface area contributed by atoms with Gasteiger partial charge >= 0.3 is 5.97 Å². The van der Waals surface area contributed by atoms with Crippen LogP contribution in [0.4, 0.5) is 0 Å². The predicted octanol–water partition coefficient (Wildman–Crippen LogP) is 5.92. The van der Waals surface area contributed by atoms with E-state index in [9.17, 15) is 4.79 Å². The van der Waals surface area contributed by atoms with Crippen LogP contribution in [0.15, 0.2) is 46.6 Å². The van der Waals surface area contributed by atoms with E-state index >= 15 is 0 Å². The van der Waals surface area contributed by atoms with E-state index in [1.165, 1.54) is 23.8 Å².